The Kier molecular flexibility index (Phi) is 4.51. The normalized spacial score (nSPS) is 19.1. The van der Waals surface area contributed by atoms with Gasteiger partial charge in [0.1, 0.15) is 0 Å². The highest BCUT2D eigenvalue weighted by Gasteiger charge is 2.18. The zero-order valence-corrected chi connectivity index (χ0v) is 12.7. The van der Waals surface area contributed by atoms with Gasteiger partial charge in [-0.1, -0.05) is 19.3 Å². The van der Waals surface area contributed by atoms with Gasteiger partial charge in [-0.05, 0) is 56.6 Å². The molecule has 1 N–H and O–H groups in total. The standard InChI is InChI=1S/C16H22N2OS/c19-16(15-11-12-7-6-10-14(12)20-15)18-17-13-8-4-2-1-3-5-9-13/h11H,1-10H2,(H,18,19). The Balaban J connectivity index is 1.59. The second kappa shape index (κ2) is 6.53. The number of rotatable bonds is 2. The maximum absolute atomic E-state index is 12.1. The summed E-state index contributed by atoms with van der Waals surface area (Å²) >= 11 is 1.64. The van der Waals surface area contributed by atoms with Crippen molar-refractivity contribution < 1.29 is 4.79 Å². The molecule has 0 saturated heterocycles. The number of hydrogen-bond donors (Lipinski definition) is 1. The van der Waals surface area contributed by atoms with E-state index in [9.17, 15) is 4.79 Å². The number of carbonyl (C=O) groups is 1. The summed E-state index contributed by atoms with van der Waals surface area (Å²) in [7, 11) is 0. The number of thiophene rings is 1. The van der Waals surface area contributed by atoms with E-state index in [0.717, 1.165) is 30.6 Å². The summed E-state index contributed by atoms with van der Waals surface area (Å²) in [6.45, 7) is 0. The Morgan fingerprint density at radius 2 is 1.75 bits per heavy atom. The number of nitrogens with one attached hydrogen (secondary N) is 1. The lowest BCUT2D eigenvalue weighted by Crippen LogP contribution is -2.19. The van der Waals surface area contributed by atoms with Crippen LogP contribution in [0.15, 0.2) is 11.2 Å². The Hall–Kier alpha value is -1.16. The molecule has 2 aliphatic rings. The lowest BCUT2D eigenvalue weighted by molar-refractivity contribution is 0.0958. The zero-order chi connectivity index (χ0) is 13.8. The lowest BCUT2D eigenvalue weighted by Gasteiger charge is -2.10. The fourth-order valence-corrected chi connectivity index (χ4v) is 4.19. The van der Waals surface area contributed by atoms with E-state index in [2.05, 4.69) is 16.6 Å². The summed E-state index contributed by atoms with van der Waals surface area (Å²) in [6, 6.07) is 2.06. The number of nitrogens with zero attached hydrogens (tertiary/aromatic N) is 1. The number of fused-ring (bicyclic) bond motifs is 1. The average Bonchev–Trinajstić information content (AvgIpc) is 2.97. The molecule has 3 rings (SSSR count). The molecule has 0 radical (unpaired) electrons. The van der Waals surface area contributed by atoms with Gasteiger partial charge in [-0.3, -0.25) is 4.79 Å². The highest BCUT2D eigenvalue weighted by molar-refractivity contribution is 7.14. The van der Waals surface area contributed by atoms with Crippen LogP contribution >= 0.6 is 11.3 Å². The fraction of sp³-hybridized carbons (Fsp3) is 0.625. The van der Waals surface area contributed by atoms with E-state index in [1.165, 1.54) is 54.7 Å². The molecule has 0 spiro atoms. The monoisotopic (exact) mass is 290 g/mol. The largest absolute Gasteiger partial charge is 0.281 e. The SMILES string of the molecule is O=C(NN=C1CCCCCCC1)c1cc2c(s1)CCC2. The molecule has 1 heterocycles. The van der Waals surface area contributed by atoms with Gasteiger partial charge >= 0.3 is 0 Å². The molecule has 108 valence electrons. The van der Waals surface area contributed by atoms with Crippen molar-refractivity contribution in [2.45, 2.75) is 64.2 Å². The van der Waals surface area contributed by atoms with Gasteiger partial charge in [0.25, 0.3) is 5.91 Å². The minimum atomic E-state index is -0.0287. The number of amides is 1. The molecule has 4 heteroatoms. The van der Waals surface area contributed by atoms with Crippen LogP contribution in [0.1, 0.15) is 71.5 Å². The van der Waals surface area contributed by atoms with Crippen molar-refractivity contribution in [1.29, 1.82) is 0 Å². The number of hydrazone groups is 1. The highest BCUT2D eigenvalue weighted by Crippen LogP contribution is 2.30. The van der Waals surface area contributed by atoms with Gasteiger partial charge in [0.05, 0.1) is 4.88 Å². The topological polar surface area (TPSA) is 41.5 Å². The molecule has 0 aliphatic heterocycles. The molecule has 0 bridgehead atoms. The minimum Gasteiger partial charge on any atom is -0.266 e. The first kappa shape index (κ1) is 13.8. The summed E-state index contributed by atoms with van der Waals surface area (Å²) in [5, 5.41) is 4.37. The molecule has 1 aromatic rings. The van der Waals surface area contributed by atoms with Crippen molar-refractivity contribution in [2.24, 2.45) is 5.10 Å². The molecular weight excluding hydrogens is 268 g/mol. The lowest BCUT2D eigenvalue weighted by atomic mass is 9.99. The van der Waals surface area contributed by atoms with Crippen LogP contribution in [0.3, 0.4) is 0 Å². The molecule has 1 fully saturated rings. The third-order valence-electron chi connectivity index (χ3n) is 4.22. The minimum absolute atomic E-state index is 0.0287. The van der Waals surface area contributed by atoms with E-state index in [0.29, 0.717) is 0 Å². The van der Waals surface area contributed by atoms with E-state index in [4.69, 9.17) is 0 Å². The molecule has 2 aliphatic carbocycles. The zero-order valence-electron chi connectivity index (χ0n) is 11.9. The van der Waals surface area contributed by atoms with Crippen LogP contribution in [0.4, 0.5) is 0 Å². The van der Waals surface area contributed by atoms with Crippen LogP contribution in [-0.4, -0.2) is 11.6 Å². The Morgan fingerprint density at radius 1 is 1.00 bits per heavy atom. The third kappa shape index (κ3) is 3.29. The number of hydrogen-bond acceptors (Lipinski definition) is 3. The first-order valence-corrected chi connectivity index (χ1v) is 8.62. The molecule has 0 unspecified atom stereocenters. The van der Waals surface area contributed by atoms with Crippen LogP contribution in [0.25, 0.3) is 0 Å². The van der Waals surface area contributed by atoms with E-state index in [1.54, 1.807) is 11.3 Å². The number of carbonyl (C=O) groups excluding carboxylic acids is 1. The van der Waals surface area contributed by atoms with Crippen molar-refractivity contribution >= 4 is 23.0 Å². The van der Waals surface area contributed by atoms with Crippen molar-refractivity contribution in [3.63, 3.8) is 0 Å². The van der Waals surface area contributed by atoms with Crippen molar-refractivity contribution in [3.8, 4) is 0 Å². The molecule has 1 amide bonds. The maximum atomic E-state index is 12.1. The predicted octanol–water partition coefficient (Wildman–Crippen LogP) is 4.07. The van der Waals surface area contributed by atoms with Gasteiger partial charge in [-0.2, -0.15) is 5.10 Å². The first-order valence-electron chi connectivity index (χ1n) is 7.80. The summed E-state index contributed by atoms with van der Waals surface area (Å²) < 4.78 is 0. The molecular formula is C16H22N2OS. The third-order valence-corrected chi connectivity index (χ3v) is 5.45. The summed E-state index contributed by atoms with van der Waals surface area (Å²) in [5.41, 5.74) is 5.31. The Morgan fingerprint density at radius 3 is 2.50 bits per heavy atom. The second-order valence-corrected chi connectivity index (χ2v) is 6.94. The number of aryl methyl sites for hydroxylation is 2. The molecule has 0 atom stereocenters. The average molecular weight is 290 g/mol. The van der Waals surface area contributed by atoms with Crippen molar-refractivity contribution in [1.82, 2.24) is 5.43 Å². The Labute approximate surface area is 124 Å². The van der Waals surface area contributed by atoms with Crippen LogP contribution in [0.2, 0.25) is 0 Å². The van der Waals surface area contributed by atoms with Crippen molar-refractivity contribution in [2.75, 3.05) is 0 Å². The van der Waals surface area contributed by atoms with E-state index in [-0.39, 0.29) is 5.91 Å². The van der Waals surface area contributed by atoms with E-state index >= 15 is 0 Å². The summed E-state index contributed by atoms with van der Waals surface area (Å²) in [5.74, 6) is -0.0287. The van der Waals surface area contributed by atoms with Crippen LogP contribution in [-0.2, 0) is 12.8 Å². The predicted molar refractivity (Wildman–Crippen MR) is 83.6 cm³/mol. The highest BCUT2D eigenvalue weighted by atomic mass is 32.1. The molecule has 20 heavy (non-hydrogen) atoms. The van der Waals surface area contributed by atoms with Gasteiger partial charge in [0.2, 0.25) is 0 Å². The smallest absolute Gasteiger partial charge is 0.266 e. The summed E-state index contributed by atoms with van der Waals surface area (Å²) in [4.78, 5) is 14.4. The molecule has 3 nitrogen and oxygen atoms in total. The van der Waals surface area contributed by atoms with E-state index < -0.39 is 0 Å². The van der Waals surface area contributed by atoms with Gasteiger partial charge in [0, 0.05) is 10.6 Å². The molecule has 1 aromatic heterocycles. The van der Waals surface area contributed by atoms with Gasteiger partial charge in [-0.25, -0.2) is 5.43 Å². The van der Waals surface area contributed by atoms with Crippen LogP contribution in [0, 0.1) is 0 Å². The molecule has 0 aromatic carbocycles. The fourth-order valence-electron chi connectivity index (χ4n) is 3.05. The van der Waals surface area contributed by atoms with Gasteiger partial charge in [0.15, 0.2) is 0 Å². The molecule has 1 saturated carbocycles. The summed E-state index contributed by atoms with van der Waals surface area (Å²) in [6.07, 6.45) is 12.0. The second-order valence-electron chi connectivity index (χ2n) is 5.80. The van der Waals surface area contributed by atoms with Crippen LogP contribution < -0.4 is 5.43 Å². The maximum Gasteiger partial charge on any atom is 0.281 e. The first-order chi connectivity index (χ1) is 9.83. The van der Waals surface area contributed by atoms with Gasteiger partial charge < -0.3 is 0 Å². The van der Waals surface area contributed by atoms with Crippen molar-refractivity contribution in [3.05, 3.63) is 21.4 Å². The van der Waals surface area contributed by atoms with E-state index in [1.807, 2.05) is 0 Å². The quantitative estimate of drug-likeness (QED) is 0.820. The van der Waals surface area contributed by atoms with Crippen LogP contribution in [0.5, 0.6) is 0 Å². The van der Waals surface area contributed by atoms with Gasteiger partial charge in [-0.15, -0.1) is 11.3 Å². The Bertz CT molecular complexity index is 487.